The summed E-state index contributed by atoms with van der Waals surface area (Å²) >= 11 is 0. The van der Waals surface area contributed by atoms with E-state index >= 15 is 0 Å². The van der Waals surface area contributed by atoms with Crippen molar-refractivity contribution >= 4 is 11.8 Å². The van der Waals surface area contributed by atoms with Crippen molar-refractivity contribution in [3.05, 3.63) is 35.4 Å². The van der Waals surface area contributed by atoms with E-state index in [1.54, 1.807) is 0 Å². The Morgan fingerprint density at radius 3 is 2.58 bits per heavy atom. The third-order valence-corrected chi connectivity index (χ3v) is 3.53. The molecule has 1 aromatic rings. The fraction of sp³-hybridized carbons (Fsp3) is 0.467. The van der Waals surface area contributed by atoms with Crippen LogP contribution in [0.1, 0.15) is 42.6 Å². The van der Waals surface area contributed by atoms with Crippen molar-refractivity contribution in [1.82, 2.24) is 10.2 Å². The molecule has 1 unspecified atom stereocenters. The summed E-state index contributed by atoms with van der Waals surface area (Å²) in [5.41, 5.74) is 1.90. The van der Waals surface area contributed by atoms with Crippen molar-refractivity contribution in [2.75, 3.05) is 6.54 Å². The SMILES string of the molecule is CC.O=C1CCC(N2Cc3ccccc3C2=O)CN1. The first kappa shape index (κ1) is 13.6. The minimum absolute atomic E-state index is 0.0883. The van der Waals surface area contributed by atoms with Crippen molar-refractivity contribution in [1.29, 1.82) is 0 Å². The fourth-order valence-corrected chi connectivity index (χ4v) is 2.56. The van der Waals surface area contributed by atoms with Crippen LogP contribution in [0.4, 0.5) is 0 Å². The first-order valence-corrected chi connectivity index (χ1v) is 6.91. The van der Waals surface area contributed by atoms with Gasteiger partial charge in [-0.1, -0.05) is 32.0 Å². The molecule has 0 bridgehead atoms. The molecule has 0 radical (unpaired) electrons. The molecule has 0 aliphatic carbocycles. The lowest BCUT2D eigenvalue weighted by molar-refractivity contribution is -0.123. The molecular formula is C15H20N2O2. The lowest BCUT2D eigenvalue weighted by atomic mass is 10.1. The molecule has 4 heteroatoms. The van der Waals surface area contributed by atoms with Gasteiger partial charge >= 0.3 is 0 Å². The molecule has 102 valence electrons. The molecule has 1 atom stereocenters. The second kappa shape index (κ2) is 5.87. The number of piperidine rings is 1. The van der Waals surface area contributed by atoms with Crippen molar-refractivity contribution < 1.29 is 9.59 Å². The summed E-state index contributed by atoms with van der Waals surface area (Å²) in [5, 5.41) is 2.82. The maximum absolute atomic E-state index is 12.2. The highest BCUT2D eigenvalue weighted by atomic mass is 16.2. The topological polar surface area (TPSA) is 49.4 Å². The van der Waals surface area contributed by atoms with Crippen molar-refractivity contribution in [2.45, 2.75) is 39.3 Å². The summed E-state index contributed by atoms with van der Waals surface area (Å²) in [7, 11) is 0. The Bertz CT molecular complexity index is 475. The van der Waals surface area contributed by atoms with Gasteiger partial charge < -0.3 is 10.2 Å². The number of rotatable bonds is 1. The number of benzene rings is 1. The number of hydrogen-bond acceptors (Lipinski definition) is 2. The summed E-state index contributed by atoms with van der Waals surface area (Å²) in [4.78, 5) is 25.2. The average Bonchev–Trinajstić information content (AvgIpc) is 2.80. The van der Waals surface area contributed by atoms with Crippen molar-refractivity contribution in [3.63, 3.8) is 0 Å². The van der Waals surface area contributed by atoms with Crippen LogP contribution >= 0.6 is 0 Å². The average molecular weight is 260 g/mol. The number of hydrogen-bond donors (Lipinski definition) is 1. The quantitative estimate of drug-likeness (QED) is 0.839. The number of nitrogens with zero attached hydrogens (tertiary/aromatic N) is 1. The van der Waals surface area contributed by atoms with Crippen LogP contribution in [-0.2, 0) is 11.3 Å². The Morgan fingerprint density at radius 2 is 1.95 bits per heavy atom. The minimum Gasteiger partial charge on any atom is -0.354 e. The number of carbonyl (C=O) groups is 2. The van der Waals surface area contributed by atoms with E-state index in [0.717, 1.165) is 17.5 Å². The normalized spacial score (nSPS) is 21.4. The van der Waals surface area contributed by atoms with Gasteiger partial charge in [0.05, 0.1) is 6.04 Å². The number of nitrogens with one attached hydrogen (secondary N) is 1. The third kappa shape index (κ3) is 2.62. The first-order chi connectivity index (χ1) is 9.25. The molecule has 19 heavy (non-hydrogen) atoms. The zero-order valence-electron chi connectivity index (χ0n) is 11.5. The fourth-order valence-electron chi connectivity index (χ4n) is 2.56. The molecule has 4 nitrogen and oxygen atoms in total. The lowest BCUT2D eigenvalue weighted by Crippen LogP contribution is -2.48. The van der Waals surface area contributed by atoms with Crippen LogP contribution in [0.5, 0.6) is 0 Å². The highest BCUT2D eigenvalue weighted by molar-refractivity contribution is 5.98. The van der Waals surface area contributed by atoms with E-state index in [1.807, 2.05) is 43.0 Å². The van der Waals surface area contributed by atoms with E-state index in [9.17, 15) is 9.59 Å². The van der Waals surface area contributed by atoms with Crippen LogP contribution in [0, 0.1) is 0 Å². The maximum Gasteiger partial charge on any atom is 0.254 e. The highest BCUT2D eigenvalue weighted by Gasteiger charge is 2.33. The summed E-state index contributed by atoms with van der Waals surface area (Å²) in [6.07, 6.45) is 1.29. The molecule has 2 amide bonds. The van der Waals surface area contributed by atoms with E-state index in [1.165, 1.54) is 0 Å². The van der Waals surface area contributed by atoms with Gasteiger partial charge in [-0.3, -0.25) is 9.59 Å². The molecule has 0 spiro atoms. The predicted molar refractivity (Wildman–Crippen MR) is 73.7 cm³/mol. The molecule has 2 aliphatic heterocycles. The summed E-state index contributed by atoms with van der Waals surface area (Å²) in [6.45, 7) is 5.26. The molecule has 1 aromatic carbocycles. The molecule has 1 saturated heterocycles. The predicted octanol–water partition coefficient (Wildman–Crippen LogP) is 1.95. The zero-order valence-corrected chi connectivity index (χ0v) is 11.5. The smallest absolute Gasteiger partial charge is 0.254 e. The standard InChI is InChI=1S/C13H14N2O2.C2H6/c16-12-6-5-10(7-14-12)15-8-9-3-1-2-4-11(9)13(15)17;1-2/h1-4,10H,5-8H2,(H,14,16);1-2H3. The Balaban J connectivity index is 0.000000637. The molecular weight excluding hydrogens is 240 g/mol. The molecule has 1 fully saturated rings. The van der Waals surface area contributed by atoms with Gasteiger partial charge in [-0.05, 0) is 18.1 Å². The van der Waals surface area contributed by atoms with Crippen molar-refractivity contribution in [3.8, 4) is 0 Å². The second-order valence-electron chi connectivity index (χ2n) is 4.59. The van der Waals surface area contributed by atoms with Gasteiger partial charge in [0.1, 0.15) is 0 Å². The molecule has 2 heterocycles. The summed E-state index contributed by atoms with van der Waals surface area (Å²) in [6, 6.07) is 7.86. The molecule has 2 aliphatic rings. The number of carbonyl (C=O) groups excluding carboxylic acids is 2. The monoisotopic (exact) mass is 260 g/mol. The van der Waals surface area contributed by atoms with Gasteiger partial charge in [0, 0.05) is 25.1 Å². The van der Waals surface area contributed by atoms with E-state index < -0.39 is 0 Å². The number of amides is 2. The van der Waals surface area contributed by atoms with E-state index in [-0.39, 0.29) is 17.9 Å². The first-order valence-electron chi connectivity index (χ1n) is 6.91. The Hall–Kier alpha value is -1.84. The second-order valence-corrected chi connectivity index (χ2v) is 4.59. The summed E-state index contributed by atoms with van der Waals surface area (Å²) < 4.78 is 0. The Morgan fingerprint density at radius 1 is 1.21 bits per heavy atom. The Labute approximate surface area is 113 Å². The van der Waals surface area contributed by atoms with Gasteiger partial charge in [0.15, 0.2) is 0 Å². The van der Waals surface area contributed by atoms with Crippen LogP contribution in [0.3, 0.4) is 0 Å². The van der Waals surface area contributed by atoms with Crippen LogP contribution in [0.15, 0.2) is 24.3 Å². The van der Waals surface area contributed by atoms with Gasteiger partial charge in [0.25, 0.3) is 5.91 Å². The number of fused-ring (bicyclic) bond motifs is 1. The largest absolute Gasteiger partial charge is 0.354 e. The van der Waals surface area contributed by atoms with Gasteiger partial charge in [-0.15, -0.1) is 0 Å². The zero-order chi connectivity index (χ0) is 13.8. The van der Waals surface area contributed by atoms with Crippen LogP contribution in [0.2, 0.25) is 0 Å². The summed E-state index contributed by atoms with van der Waals surface area (Å²) in [5.74, 6) is 0.187. The van der Waals surface area contributed by atoms with Gasteiger partial charge in [0.2, 0.25) is 5.91 Å². The van der Waals surface area contributed by atoms with Gasteiger partial charge in [-0.25, -0.2) is 0 Å². The van der Waals surface area contributed by atoms with Crippen LogP contribution in [0.25, 0.3) is 0 Å². The molecule has 1 N–H and O–H groups in total. The minimum atomic E-state index is 0.0883. The van der Waals surface area contributed by atoms with Gasteiger partial charge in [-0.2, -0.15) is 0 Å². The van der Waals surface area contributed by atoms with E-state index in [4.69, 9.17) is 0 Å². The molecule has 0 aromatic heterocycles. The Kier molecular flexibility index (Phi) is 4.20. The van der Waals surface area contributed by atoms with Crippen LogP contribution < -0.4 is 5.32 Å². The lowest BCUT2D eigenvalue weighted by Gasteiger charge is -2.31. The molecule has 3 rings (SSSR count). The third-order valence-electron chi connectivity index (χ3n) is 3.53. The highest BCUT2D eigenvalue weighted by Crippen LogP contribution is 2.26. The molecule has 0 saturated carbocycles. The van der Waals surface area contributed by atoms with Crippen molar-refractivity contribution in [2.24, 2.45) is 0 Å². The van der Waals surface area contributed by atoms with E-state index in [2.05, 4.69) is 5.32 Å². The van der Waals surface area contributed by atoms with E-state index in [0.29, 0.717) is 19.5 Å². The van der Waals surface area contributed by atoms with Crippen LogP contribution in [-0.4, -0.2) is 29.3 Å². The maximum atomic E-state index is 12.2.